The molecule has 0 aliphatic carbocycles. The molecule has 0 saturated heterocycles. The highest BCUT2D eigenvalue weighted by atomic mass is 19.4. The van der Waals surface area contributed by atoms with Crippen molar-refractivity contribution in [1.82, 2.24) is 14.9 Å². The molecule has 2 atom stereocenters. The molecule has 1 aliphatic heterocycles. The van der Waals surface area contributed by atoms with E-state index in [4.69, 9.17) is 0 Å². The highest BCUT2D eigenvalue weighted by Gasteiger charge is 2.30. The summed E-state index contributed by atoms with van der Waals surface area (Å²) in [6.45, 7) is 0.470. The summed E-state index contributed by atoms with van der Waals surface area (Å²) in [6.07, 6.45) is -0.595. The van der Waals surface area contributed by atoms with Gasteiger partial charge in [0.1, 0.15) is 18.5 Å². The molecule has 8 heteroatoms. The van der Waals surface area contributed by atoms with Gasteiger partial charge in [-0.2, -0.15) is 13.2 Å². The number of amides is 1. The maximum atomic E-state index is 12.0. The summed E-state index contributed by atoms with van der Waals surface area (Å²) in [6, 6.07) is -0.110. The topological polar surface area (TPSA) is 56.1 Å². The average Bonchev–Trinajstić information content (AvgIpc) is 2.82. The van der Waals surface area contributed by atoms with E-state index < -0.39 is 24.8 Å². The Bertz CT molecular complexity index is 473. The number of fused-ring (bicyclic) bond motifs is 1. The molecule has 112 valence electrons. The fourth-order valence-electron chi connectivity index (χ4n) is 2.10. The maximum absolute atomic E-state index is 12.0. The second-order valence-electron chi connectivity index (χ2n) is 4.81. The van der Waals surface area contributed by atoms with Gasteiger partial charge in [0.25, 0.3) is 0 Å². The van der Waals surface area contributed by atoms with Crippen molar-refractivity contribution in [3.8, 4) is 0 Å². The first-order valence-corrected chi connectivity index (χ1v) is 6.34. The molecular weight excluding hydrogens is 275 g/mol. The minimum atomic E-state index is -4.43. The van der Waals surface area contributed by atoms with Gasteiger partial charge in [0.05, 0.1) is 0 Å². The summed E-state index contributed by atoms with van der Waals surface area (Å²) in [5, 5.41) is 2.71. The average molecular weight is 291 g/mol. The minimum Gasteiger partial charge on any atom is -0.359 e. The third kappa shape index (κ3) is 3.96. The van der Waals surface area contributed by atoms with Gasteiger partial charge in [-0.05, 0) is 13.3 Å². The van der Waals surface area contributed by atoms with Crippen LogP contribution in [0.3, 0.4) is 0 Å². The number of carbonyl (C=O) groups excluding carboxylic acids is 1. The van der Waals surface area contributed by atoms with Gasteiger partial charge < -0.3 is 14.6 Å². The zero-order chi connectivity index (χ0) is 14.8. The van der Waals surface area contributed by atoms with E-state index >= 15 is 0 Å². The van der Waals surface area contributed by atoms with Gasteiger partial charge in [-0.15, -0.1) is 0 Å². The Morgan fingerprint density at radius 2 is 2.40 bits per heavy atom. The van der Waals surface area contributed by atoms with E-state index in [0.717, 1.165) is 18.7 Å². The zero-order valence-corrected chi connectivity index (χ0v) is 11.0. The summed E-state index contributed by atoms with van der Waals surface area (Å²) in [4.78, 5) is 15.9. The third-order valence-corrected chi connectivity index (χ3v) is 3.15. The molecule has 0 aromatic carbocycles. The second-order valence-corrected chi connectivity index (χ2v) is 4.81. The molecule has 0 saturated carbocycles. The molecule has 2 rings (SSSR count). The molecule has 1 aliphatic rings. The number of alkyl halides is 3. The van der Waals surface area contributed by atoms with E-state index in [1.54, 1.807) is 6.20 Å². The van der Waals surface area contributed by atoms with Crippen LogP contribution in [0.1, 0.15) is 19.2 Å². The molecule has 1 aromatic rings. The van der Waals surface area contributed by atoms with Crippen LogP contribution < -0.4 is 5.32 Å². The largest absolute Gasteiger partial charge is 0.411 e. The number of carbonyl (C=O) groups is 1. The molecule has 0 unspecified atom stereocenters. The lowest BCUT2D eigenvalue weighted by Gasteiger charge is -2.26. The Hall–Kier alpha value is -1.57. The third-order valence-electron chi connectivity index (χ3n) is 3.15. The summed E-state index contributed by atoms with van der Waals surface area (Å²) in [5.74, 6) is 0.430. The highest BCUT2D eigenvalue weighted by Crippen LogP contribution is 2.16. The van der Waals surface area contributed by atoms with Crippen LogP contribution in [-0.2, 0) is 22.5 Å². The van der Waals surface area contributed by atoms with E-state index in [1.165, 1.54) is 6.92 Å². The molecule has 0 fully saturated rings. The number of halogens is 3. The van der Waals surface area contributed by atoms with Crippen LogP contribution in [0.2, 0.25) is 0 Å². The highest BCUT2D eigenvalue weighted by molar-refractivity contribution is 5.80. The summed E-state index contributed by atoms with van der Waals surface area (Å²) < 4.78 is 42.4. The predicted octanol–water partition coefficient (Wildman–Crippen LogP) is 1.28. The molecule has 2 heterocycles. The Morgan fingerprint density at radius 3 is 3.10 bits per heavy atom. The van der Waals surface area contributed by atoms with Gasteiger partial charge in [0.15, 0.2) is 0 Å². The Morgan fingerprint density at radius 1 is 1.65 bits per heavy atom. The molecule has 0 bridgehead atoms. The lowest BCUT2D eigenvalue weighted by molar-refractivity contribution is -0.185. The standard InChI is InChI=1S/C12H16F3N3O2/c1-8(20-7-12(13,14)15)11(19)17-9-2-3-10-16-4-5-18(10)6-9/h4-5,8-9H,2-3,6-7H2,1H3,(H,17,19)/t8-,9+/m1/s1. The van der Waals surface area contributed by atoms with Gasteiger partial charge >= 0.3 is 6.18 Å². The number of nitrogens with zero attached hydrogens (tertiary/aromatic N) is 2. The Labute approximate surface area is 114 Å². The summed E-state index contributed by atoms with van der Waals surface area (Å²) >= 11 is 0. The Kier molecular flexibility index (Phi) is 4.32. The smallest absolute Gasteiger partial charge is 0.359 e. The summed E-state index contributed by atoms with van der Waals surface area (Å²) in [7, 11) is 0. The maximum Gasteiger partial charge on any atom is 0.411 e. The molecule has 0 radical (unpaired) electrons. The van der Waals surface area contributed by atoms with Gasteiger partial charge in [-0.3, -0.25) is 4.79 Å². The number of hydrogen-bond donors (Lipinski definition) is 1. The lowest BCUT2D eigenvalue weighted by Crippen LogP contribution is -2.45. The number of rotatable bonds is 4. The van der Waals surface area contributed by atoms with Gasteiger partial charge in [-0.1, -0.05) is 0 Å². The number of hydrogen-bond acceptors (Lipinski definition) is 3. The van der Waals surface area contributed by atoms with E-state index in [9.17, 15) is 18.0 Å². The van der Waals surface area contributed by atoms with Crippen LogP contribution in [-0.4, -0.2) is 40.4 Å². The van der Waals surface area contributed by atoms with E-state index in [1.807, 2.05) is 10.8 Å². The van der Waals surface area contributed by atoms with Crippen molar-refractivity contribution in [1.29, 1.82) is 0 Å². The molecule has 0 spiro atoms. The van der Waals surface area contributed by atoms with Crippen LogP contribution in [0.25, 0.3) is 0 Å². The first-order valence-electron chi connectivity index (χ1n) is 6.34. The van der Waals surface area contributed by atoms with Crippen molar-refractivity contribution in [3.05, 3.63) is 18.2 Å². The van der Waals surface area contributed by atoms with E-state index in [0.29, 0.717) is 6.54 Å². The number of nitrogens with one attached hydrogen (secondary N) is 1. The van der Waals surface area contributed by atoms with E-state index in [2.05, 4.69) is 15.0 Å². The normalized spacial score (nSPS) is 20.3. The van der Waals surface area contributed by atoms with Crippen molar-refractivity contribution in [3.63, 3.8) is 0 Å². The van der Waals surface area contributed by atoms with E-state index in [-0.39, 0.29) is 6.04 Å². The molecular formula is C12H16F3N3O2. The van der Waals surface area contributed by atoms with Gasteiger partial charge in [0, 0.05) is 31.4 Å². The summed E-state index contributed by atoms with van der Waals surface area (Å²) in [5.41, 5.74) is 0. The van der Waals surface area contributed by atoms with Crippen molar-refractivity contribution in [2.45, 2.75) is 44.6 Å². The zero-order valence-electron chi connectivity index (χ0n) is 11.0. The Balaban J connectivity index is 1.80. The quantitative estimate of drug-likeness (QED) is 0.909. The van der Waals surface area contributed by atoms with Crippen molar-refractivity contribution < 1.29 is 22.7 Å². The second kappa shape index (κ2) is 5.82. The molecule has 20 heavy (non-hydrogen) atoms. The molecule has 1 amide bonds. The van der Waals surface area contributed by atoms with Crippen LogP contribution in [0.4, 0.5) is 13.2 Å². The van der Waals surface area contributed by atoms with Gasteiger partial charge in [0.2, 0.25) is 5.91 Å². The lowest BCUT2D eigenvalue weighted by atomic mass is 10.1. The number of ether oxygens (including phenoxy) is 1. The predicted molar refractivity (Wildman–Crippen MR) is 63.9 cm³/mol. The number of aryl methyl sites for hydroxylation is 1. The van der Waals surface area contributed by atoms with Crippen LogP contribution in [0.15, 0.2) is 12.4 Å². The molecule has 1 aromatic heterocycles. The molecule has 1 N–H and O–H groups in total. The first kappa shape index (κ1) is 14.8. The van der Waals surface area contributed by atoms with Gasteiger partial charge in [-0.25, -0.2) is 4.98 Å². The van der Waals surface area contributed by atoms with Crippen molar-refractivity contribution >= 4 is 5.91 Å². The fraction of sp³-hybridized carbons (Fsp3) is 0.667. The van der Waals surface area contributed by atoms with Crippen LogP contribution >= 0.6 is 0 Å². The van der Waals surface area contributed by atoms with Crippen molar-refractivity contribution in [2.24, 2.45) is 0 Å². The fourth-order valence-corrected chi connectivity index (χ4v) is 2.10. The van der Waals surface area contributed by atoms with Crippen LogP contribution in [0, 0.1) is 0 Å². The number of aromatic nitrogens is 2. The first-order chi connectivity index (χ1) is 9.35. The van der Waals surface area contributed by atoms with Crippen LogP contribution in [0.5, 0.6) is 0 Å². The molecule has 5 nitrogen and oxygen atoms in total. The monoisotopic (exact) mass is 291 g/mol. The SMILES string of the molecule is C[C@@H](OCC(F)(F)F)C(=O)N[C@H]1CCc2nccn2C1. The minimum absolute atomic E-state index is 0.110. The number of imidazole rings is 1. The van der Waals surface area contributed by atoms with Crippen molar-refractivity contribution in [2.75, 3.05) is 6.61 Å².